The van der Waals surface area contributed by atoms with Crippen LogP contribution >= 0.6 is 0 Å². The lowest BCUT2D eigenvalue weighted by Gasteiger charge is -2.22. The van der Waals surface area contributed by atoms with Crippen LogP contribution in [0.5, 0.6) is 0 Å². The zero-order valence-electron chi connectivity index (χ0n) is 19.9. The van der Waals surface area contributed by atoms with Crippen LogP contribution in [0.3, 0.4) is 0 Å². The maximum absolute atomic E-state index is 14.2. The molecule has 0 aliphatic heterocycles. The second-order valence-corrected chi connectivity index (χ2v) is 8.61. The molecule has 1 unspecified atom stereocenters. The molecule has 0 saturated carbocycles. The van der Waals surface area contributed by atoms with Crippen molar-refractivity contribution in [2.24, 2.45) is 0 Å². The third kappa shape index (κ3) is 4.02. The number of nitrogens with two attached hydrogens (primary N) is 1. The van der Waals surface area contributed by atoms with Crippen LogP contribution in [0.4, 0.5) is 11.8 Å². The summed E-state index contributed by atoms with van der Waals surface area (Å²) in [5.74, 6) is 0.641. The summed E-state index contributed by atoms with van der Waals surface area (Å²) in [6, 6.07) is 20.7. The van der Waals surface area contributed by atoms with E-state index in [2.05, 4.69) is 30.2 Å². The van der Waals surface area contributed by atoms with Gasteiger partial charge >= 0.3 is 0 Å². The molecule has 6 aromatic rings. The molecule has 0 spiro atoms. The number of aromatic nitrogens is 6. The van der Waals surface area contributed by atoms with Crippen LogP contribution < -0.4 is 16.6 Å². The molecule has 37 heavy (non-hydrogen) atoms. The SMILES string of the molecule is CC(Nc1nc(N)nc2cccnc12)c1cc2cccc(-c3cncnc3)c2c(=O)n1-c1ccccc1. The highest BCUT2D eigenvalue weighted by molar-refractivity contribution is 5.96. The Morgan fingerprint density at radius 1 is 0.946 bits per heavy atom. The molecule has 0 radical (unpaired) electrons. The van der Waals surface area contributed by atoms with Crippen molar-refractivity contribution >= 4 is 33.6 Å². The number of nitrogen functional groups attached to an aromatic ring is 1. The van der Waals surface area contributed by atoms with E-state index in [1.54, 1.807) is 29.2 Å². The zero-order chi connectivity index (χ0) is 25.4. The second kappa shape index (κ2) is 9.12. The van der Waals surface area contributed by atoms with E-state index < -0.39 is 0 Å². The average Bonchev–Trinajstić information content (AvgIpc) is 2.93. The third-order valence-corrected chi connectivity index (χ3v) is 6.23. The molecule has 0 amide bonds. The number of anilines is 2. The summed E-state index contributed by atoms with van der Waals surface area (Å²) in [6.45, 7) is 1.97. The quantitative estimate of drug-likeness (QED) is 0.364. The Kier molecular flexibility index (Phi) is 5.49. The normalized spacial score (nSPS) is 12.0. The molecule has 2 aromatic carbocycles. The van der Waals surface area contributed by atoms with Crippen LogP contribution in [-0.2, 0) is 0 Å². The summed E-state index contributed by atoms with van der Waals surface area (Å²) in [7, 11) is 0. The first-order valence-electron chi connectivity index (χ1n) is 11.7. The molecular formula is C28H22N8O. The summed E-state index contributed by atoms with van der Waals surface area (Å²) in [4.78, 5) is 35.6. The standard InChI is InChI=1S/C28H22N8O/c1-17(33-26-25-22(11-6-12-32-25)34-28(29)35-26)23-13-18-7-5-10-21(19-14-30-16-31-15-19)24(18)27(37)36(23)20-8-3-2-4-9-20/h2-17H,1H3,(H3,29,33,34,35). The monoisotopic (exact) mass is 486 g/mol. The highest BCUT2D eigenvalue weighted by Crippen LogP contribution is 2.30. The number of hydrogen-bond acceptors (Lipinski definition) is 8. The van der Waals surface area contributed by atoms with Crippen molar-refractivity contribution in [1.29, 1.82) is 0 Å². The minimum atomic E-state index is -0.333. The number of nitrogens with one attached hydrogen (secondary N) is 1. The molecule has 0 aliphatic rings. The molecule has 1 atom stereocenters. The second-order valence-electron chi connectivity index (χ2n) is 8.61. The highest BCUT2D eigenvalue weighted by atomic mass is 16.1. The average molecular weight is 487 g/mol. The molecule has 6 rings (SSSR count). The fourth-order valence-electron chi connectivity index (χ4n) is 4.59. The fraction of sp³-hybridized carbons (Fsp3) is 0.0714. The van der Waals surface area contributed by atoms with Crippen molar-refractivity contribution < 1.29 is 0 Å². The van der Waals surface area contributed by atoms with Gasteiger partial charge in [0, 0.05) is 35.5 Å². The summed E-state index contributed by atoms with van der Waals surface area (Å²) in [6.07, 6.45) is 6.58. The molecule has 0 aliphatic carbocycles. The lowest BCUT2D eigenvalue weighted by atomic mass is 9.99. The van der Waals surface area contributed by atoms with Gasteiger partial charge in [-0.2, -0.15) is 4.98 Å². The maximum Gasteiger partial charge on any atom is 0.263 e. The van der Waals surface area contributed by atoms with Crippen LogP contribution in [0.2, 0.25) is 0 Å². The van der Waals surface area contributed by atoms with Crippen molar-refractivity contribution in [3.8, 4) is 16.8 Å². The van der Waals surface area contributed by atoms with Gasteiger partial charge in [-0.25, -0.2) is 15.0 Å². The molecule has 4 heterocycles. The molecule has 0 bridgehead atoms. The van der Waals surface area contributed by atoms with Gasteiger partial charge in [-0.1, -0.05) is 36.4 Å². The topological polar surface area (TPSA) is 124 Å². The van der Waals surface area contributed by atoms with E-state index in [0.29, 0.717) is 22.2 Å². The van der Waals surface area contributed by atoms with Crippen LogP contribution in [-0.4, -0.2) is 29.5 Å². The van der Waals surface area contributed by atoms with Gasteiger partial charge in [0.25, 0.3) is 5.56 Å². The van der Waals surface area contributed by atoms with E-state index in [0.717, 1.165) is 27.9 Å². The largest absolute Gasteiger partial charge is 0.368 e. The van der Waals surface area contributed by atoms with Gasteiger partial charge in [-0.05, 0) is 48.2 Å². The number of benzene rings is 2. The molecule has 4 aromatic heterocycles. The Morgan fingerprint density at radius 2 is 1.76 bits per heavy atom. The number of fused-ring (bicyclic) bond motifs is 2. The molecule has 9 nitrogen and oxygen atoms in total. The zero-order valence-corrected chi connectivity index (χ0v) is 19.9. The Bertz CT molecular complexity index is 1800. The van der Waals surface area contributed by atoms with E-state index in [9.17, 15) is 4.79 Å². The number of para-hydroxylation sites is 1. The van der Waals surface area contributed by atoms with Gasteiger partial charge in [0.05, 0.1) is 16.9 Å². The van der Waals surface area contributed by atoms with E-state index in [1.165, 1.54) is 6.33 Å². The number of pyridine rings is 2. The first-order chi connectivity index (χ1) is 18.1. The Labute approximate surface area is 211 Å². The fourth-order valence-corrected chi connectivity index (χ4v) is 4.59. The summed E-state index contributed by atoms with van der Waals surface area (Å²) >= 11 is 0. The predicted molar refractivity (Wildman–Crippen MR) is 144 cm³/mol. The van der Waals surface area contributed by atoms with Crippen molar-refractivity contribution in [2.75, 3.05) is 11.1 Å². The molecule has 0 fully saturated rings. The van der Waals surface area contributed by atoms with Crippen LogP contribution in [0, 0.1) is 0 Å². The summed E-state index contributed by atoms with van der Waals surface area (Å²) < 4.78 is 1.73. The van der Waals surface area contributed by atoms with E-state index in [1.807, 2.05) is 67.6 Å². The minimum Gasteiger partial charge on any atom is -0.368 e. The van der Waals surface area contributed by atoms with Gasteiger partial charge < -0.3 is 11.1 Å². The predicted octanol–water partition coefficient (Wildman–Crippen LogP) is 4.54. The number of nitrogens with zero attached hydrogens (tertiary/aromatic N) is 6. The Hall–Kier alpha value is -5.18. The molecule has 180 valence electrons. The summed E-state index contributed by atoms with van der Waals surface area (Å²) in [5, 5.41) is 4.82. The smallest absolute Gasteiger partial charge is 0.263 e. The lowest BCUT2D eigenvalue weighted by molar-refractivity contribution is 0.774. The van der Waals surface area contributed by atoms with Crippen LogP contribution in [0.15, 0.2) is 96.4 Å². The lowest BCUT2D eigenvalue weighted by Crippen LogP contribution is -2.26. The van der Waals surface area contributed by atoms with Gasteiger partial charge in [0.1, 0.15) is 11.8 Å². The minimum absolute atomic E-state index is 0.142. The highest BCUT2D eigenvalue weighted by Gasteiger charge is 2.20. The van der Waals surface area contributed by atoms with Crippen molar-refractivity contribution in [2.45, 2.75) is 13.0 Å². The Morgan fingerprint density at radius 3 is 2.57 bits per heavy atom. The van der Waals surface area contributed by atoms with Crippen molar-refractivity contribution in [1.82, 2.24) is 29.5 Å². The van der Waals surface area contributed by atoms with Crippen LogP contribution in [0.25, 0.3) is 38.6 Å². The molecular weight excluding hydrogens is 464 g/mol. The molecule has 0 saturated heterocycles. The van der Waals surface area contributed by atoms with Crippen molar-refractivity contribution in [3.05, 3.63) is 108 Å². The molecule has 9 heteroatoms. The van der Waals surface area contributed by atoms with Gasteiger partial charge in [-0.15, -0.1) is 0 Å². The first kappa shape index (κ1) is 22.3. The maximum atomic E-state index is 14.2. The van der Waals surface area contributed by atoms with Crippen LogP contribution in [0.1, 0.15) is 18.7 Å². The van der Waals surface area contributed by atoms with E-state index in [-0.39, 0.29) is 17.5 Å². The van der Waals surface area contributed by atoms with E-state index >= 15 is 0 Å². The van der Waals surface area contributed by atoms with Gasteiger partial charge in [0.2, 0.25) is 5.95 Å². The number of rotatable bonds is 5. The van der Waals surface area contributed by atoms with Crippen molar-refractivity contribution in [3.63, 3.8) is 0 Å². The third-order valence-electron chi connectivity index (χ3n) is 6.23. The molecule has 3 N–H and O–H groups in total. The number of hydrogen-bond donors (Lipinski definition) is 2. The summed E-state index contributed by atoms with van der Waals surface area (Å²) in [5.41, 5.74) is 10.1. The van der Waals surface area contributed by atoms with E-state index in [4.69, 9.17) is 5.73 Å². The van der Waals surface area contributed by atoms with Gasteiger partial charge in [-0.3, -0.25) is 14.3 Å². The van der Waals surface area contributed by atoms with Gasteiger partial charge in [0.15, 0.2) is 5.82 Å². The first-order valence-corrected chi connectivity index (χ1v) is 11.7. The Balaban J connectivity index is 1.57.